The molecule has 0 spiro atoms. The number of rotatable bonds is 6. The van der Waals surface area contributed by atoms with Gasteiger partial charge in [0.05, 0.1) is 16.9 Å². The Morgan fingerprint density at radius 2 is 1.80 bits per heavy atom. The second-order valence-electron chi connectivity index (χ2n) is 7.69. The van der Waals surface area contributed by atoms with E-state index in [-0.39, 0.29) is 23.3 Å². The standard InChI is InChI=1S/C22H23F2N3O3/c1-12(2)10-19(20(28)25-13(3)15-9-8-14(23)11-17(15)24)27-21(29)16-6-4-5-7-18(16)26-22(27)30/h4-9,11-13,19H,10H2,1-3H3,(H,25,28)(H,26,30)/t13-,19+/m0/s1. The van der Waals surface area contributed by atoms with E-state index in [1.165, 1.54) is 6.07 Å². The number of aromatic nitrogens is 2. The first-order chi connectivity index (χ1) is 14.2. The van der Waals surface area contributed by atoms with Gasteiger partial charge in [-0.15, -0.1) is 0 Å². The van der Waals surface area contributed by atoms with Crippen LogP contribution in [0.1, 0.15) is 44.8 Å². The van der Waals surface area contributed by atoms with E-state index in [0.29, 0.717) is 5.52 Å². The molecule has 0 aliphatic carbocycles. The van der Waals surface area contributed by atoms with Crippen molar-refractivity contribution >= 4 is 16.8 Å². The van der Waals surface area contributed by atoms with Crippen molar-refractivity contribution in [3.05, 3.63) is 80.5 Å². The van der Waals surface area contributed by atoms with Crippen LogP contribution in [0.25, 0.3) is 10.9 Å². The summed E-state index contributed by atoms with van der Waals surface area (Å²) in [5.74, 6) is -2.11. The van der Waals surface area contributed by atoms with Crippen LogP contribution < -0.4 is 16.6 Å². The van der Waals surface area contributed by atoms with E-state index in [9.17, 15) is 23.2 Å². The normalized spacial score (nSPS) is 13.4. The molecule has 2 atom stereocenters. The van der Waals surface area contributed by atoms with Crippen LogP contribution in [0.3, 0.4) is 0 Å². The molecule has 2 N–H and O–H groups in total. The van der Waals surface area contributed by atoms with Crippen LogP contribution >= 0.6 is 0 Å². The van der Waals surface area contributed by atoms with E-state index in [4.69, 9.17) is 0 Å². The Morgan fingerprint density at radius 1 is 1.10 bits per heavy atom. The summed E-state index contributed by atoms with van der Waals surface area (Å²) in [5, 5.41) is 2.94. The van der Waals surface area contributed by atoms with E-state index in [2.05, 4.69) is 10.3 Å². The molecule has 6 nitrogen and oxygen atoms in total. The number of fused-ring (bicyclic) bond motifs is 1. The fourth-order valence-electron chi connectivity index (χ4n) is 3.48. The van der Waals surface area contributed by atoms with Gasteiger partial charge in [-0.05, 0) is 37.5 Å². The molecule has 0 saturated carbocycles. The van der Waals surface area contributed by atoms with Crippen LogP contribution in [0.5, 0.6) is 0 Å². The van der Waals surface area contributed by atoms with Crippen molar-refractivity contribution in [2.24, 2.45) is 5.92 Å². The summed E-state index contributed by atoms with van der Waals surface area (Å²) in [5.41, 5.74) is -0.780. The number of nitrogens with one attached hydrogen (secondary N) is 2. The maximum Gasteiger partial charge on any atom is 0.329 e. The molecule has 158 valence electrons. The molecule has 0 unspecified atom stereocenters. The van der Waals surface area contributed by atoms with Crippen molar-refractivity contribution in [1.82, 2.24) is 14.9 Å². The van der Waals surface area contributed by atoms with Gasteiger partial charge in [-0.25, -0.2) is 18.1 Å². The van der Waals surface area contributed by atoms with Gasteiger partial charge in [0.1, 0.15) is 17.7 Å². The maximum atomic E-state index is 14.1. The van der Waals surface area contributed by atoms with Crippen LogP contribution in [0.2, 0.25) is 0 Å². The lowest BCUT2D eigenvalue weighted by atomic mass is 10.0. The monoisotopic (exact) mass is 415 g/mol. The van der Waals surface area contributed by atoms with Gasteiger partial charge in [0.15, 0.2) is 0 Å². The lowest BCUT2D eigenvalue weighted by molar-refractivity contribution is -0.125. The van der Waals surface area contributed by atoms with Gasteiger partial charge >= 0.3 is 5.69 Å². The highest BCUT2D eigenvalue weighted by atomic mass is 19.1. The third kappa shape index (κ3) is 4.32. The van der Waals surface area contributed by atoms with Crippen molar-refractivity contribution in [3.8, 4) is 0 Å². The molecule has 0 radical (unpaired) electrons. The number of benzene rings is 2. The molecule has 0 aliphatic heterocycles. The van der Waals surface area contributed by atoms with E-state index in [1.54, 1.807) is 31.2 Å². The van der Waals surface area contributed by atoms with Crippen LogP contribution in [-0.2, 0) is 4.79 Å². The number of aromatic amines is 1. The predicted octanol–water partition coefficient (Wildman–Crippen LogP) is 3.43. The summed E-state index contributed by atoms with van der Waals surface area (Å²) in [6.07, 6.45) is 0.228. The van der Waals surface area contributed by atoms with Crippen LogP contribution in [0.15, 0.2) is 52.1 Å². The Balaban J connectivity index is 2.00. The molecule has 8 heteroatoms. The molecule has 0 fully saturated rings. The Bertz CT molecular complexity index is 1200. The molecule has 0 aliphatic rings. The quantitative estimate of drug-likeness (QED) is 0.647. The van der Waals surface area contributed by atoms with E-state index >= 15 is 0 Å². The summed E-state index contributed by atoms with van der Waals surface area (Å²) >= 11 is 0. The van der Waals surface area contributed by atoms with Crippen LogP contribution in [0.4, 0.5) is 8.78 Å². The summed E-state index contributed by atoms with van der Waals surface area (Å²) < 4.78 is 28.2. The molecule has 30 heavy (non-hydrogen) atoms. The van der Waals surface area contributed by atoms with Crippen LogP contribution in [0, 0.1) is 17.6 Å². The lowest BCUT2D eigenvalue weighted by Gasteiger charge is -2.23. The highest BCUT2D eigenvalue weighted by Gasteiger charge is 2.27. The molecule has 0 saturated heterocycles. The number of carbonyl (C=O) groups excluding carboxylic acids is 1. The first kappa shape index (κ1) is 21.4. The second-order valence-corrected chi connectivity index (χ2v) is 7.69. The molecule has 1 amide bonds. The molecular weight excluding hydrogens is 392 g/mol. The zero-order valence-corrected chi connectivity index (χ0v) is 16.9. The van der Waals surface area contributed by atoms with Crippen molar-refractivity contribution in [1.29, 1.82) is 0 Å². The van der Waals surface area contributed by atoms with Gasteiger partial charge in [-0.2, -0.15) is 0 Å². The molecule has 1 aromatic heterocycles. The third-order valence-electron chi connectivity index (χ3n) is 4.93. The van der Waals surface area contributed by atoms with Crippen LogP contribution in [-0.4, -0.2) is 15.5 Å². The summed E-state index contributed by atoms with van der Waals surface area (Å²) in [7, 11) is 0. The van der Waals surface area contributed by atoms with Gasteiger partial charge in [0.25, 0.3) is 5.56 Å². The Morgan fingerprint density at radius 3 is 2.47 bits per heavy atom. The molecule has 0 bridgehead atoms. The number of halogens is 2. The SMILES string of the molecule is CC(C)C[C@H](C(=O)N[C@@H](C)c1ccc(F)cc1F)n1c(=O)[nH]c2ccccc2c1=O. The van der Waals surface area contributed by atoms with Crippen molar-refractivity contribution in [2.75, 3.05) is 0 Å². The summed E-state index contributed by atoms with van der Waals surface area (Å²) in [6, 6.07) is 7.77. The van der Waals surface area contributed by atoms with Gasteiger partial charge in [0.2, 0.25) is 5.91 Å². The Hall–Kier alpha value is -3.29. The maximum absolute atomic E-state index is 14.1. The van der Waals surface area contributed by atoms with Gasteiger partial charge in [0, 0.05) is 11.6 Å². The summed E-state index contributed by atoms with van der Waals surface area (Å²) in [6.45, 7) is 5.28. The second kappa shape index (κ2) is 8.61. The summed E-state index contributed by atoms with van der Waals surface area (Å²) in [4.78, 5) is 41.3. The number of para-hydroxylation sites is 1. The first-order valence-corrected chi connectivity index (χ1v) is 9.68. The number of hydrogen-bond donors (Lipinski definition) is 2. The third-order valence-corrected chi connectivity index (χ3v) is 4.93. The average Bonchev–Trinajstić information content (AvgIpc) is 2.66. The number of H-pyrrole nitrogens is 1. The minimum absolute atomic E-state index is 0.00335. The zero-order valence-electron chi connectivity index (χ0n) is 16.9. The average molecular weight is 415 g/mol. The van der Waals surface area contributed by atoms with Crippen molar-refractivity contribution < 1.29 is 13.6 Å². The topological polar surface area (TPSA) is 84.0 Å². The van der Waals surface area contributed by atoms with Gasteiger partial charge in [-0.3, -0.25) is 9.59 Å². The predicted molar refractivity (Wildman–Crippen MR) is 110 cm³/mol. The van der Waals surface area contributed by atoms with E-state index < -0.39 is 40.9 Å². The molecule has 3 aromatic rings. The van der Waals surface area contributed by atoms with Gasteiger partial charge in [-0.1, -0.05) is 32.0 Å². The zero-order chi connectivity index (χ0) is 22.0. The molecular formula is C22H23F2N3O3. The first-order valence-electron chi connectivity index (χ1n) is 9.68. The number of amides is 1. The molecule has 3 rings (SSSR count). The molecule has 2 aromatic carbocycles. The highest BCUT2D eigenvalue weighted by molar-refractivity contribution is 5.82. The number of carbonyl (C=O) groups is 1. The Labute approximate surface area is 171 Å². The van der Waals surface area contributed by atoms with E-state index in [1.807, 2.05) is 13.8 Å². The van der Waals surface area contributed by atoms with Crippen molar-refractivity contribution in [2.45, 2.75) is 39.3 Å². The fourth-order valence-corrected chi connectivity index (χ4v) is 3.48. The lowest BCUT2D eigenvalue weighted by Crippen LogP contribution is -2.45. The van der Waals surface area contributed by atoms with Crippen molar-refractivity contribution in [3.63, 3.8) is 0 Å². The Kier molecular flexibility index (Phi) is 6.14. The number of nitrogens with zero attached hydrogens (tertiary/aromatic N) is 1. The fraction of sp³-hybridized carbons (Fsp3) is 0.318. The highest BCUT2D eigenvalue weighted by Crippen LogP contribution is 2.21. The van der Waals surface area contributed by atoms with Gasteiger partial charge < -0.3 is 10.3 Å². The number of hydrogen-bond acceptors (Lipinski definition) is 3. The smallest absolute Gasteiger partial charge is 0.329 e. The minimum Gasteiger partial charge on any atom is -0.348 e. The minimum atomic E-state index is -1.09. The molecule has 1 heterocycles. The van der Waals surface area contributed by atoms with E-state index in [0.717, 1.165) is 16.7 Å². The largest absolute Gasteiger partial charge is 0.348 e.